The van der Waals surface area contributed by atoms with Gasteiger partial charge in [0.05, 0.1) is 10.8 Å². The second-order valence-electron chi connectivity index (χ2n) is 8.71. The van der Waals surface area contributed by atoms with Crippen LogP contribution in [0, 0.1) is 0 Å². The molecular formula is C22H25N2OS+. The minimum absolute atomic E-state index is 0.111. The number of rotatable bonds is 3. The molecule has 0 bridgehead atoms. The molecule has 4 heterocycles. The van der Waals surface area contributed by atoms with Crippen molar-refractivity contribution in [1.82, 2.24) is 4.98 Å². The van der Waals surface area contributed by atoms with Crippen LogP contribution in [0.1, 0.15) is 45.3 Å². The summed E-state index contributed by atoms with van der Waals surface area (Å²) >= 11 is 1.89. The predicted octanol–water partition coefficient (Wildman–Crippen LogP) is 5.61. The lowest BCUT2D eigenvalue weighted by Crippen LogP contribution is -2.42. The van der Waals surface area contributed by atoms with Crippen LogP contribution in [-0.4, -0.2) is 4.98 Å². The van der Waals surface area contributed by atoms with E-state index in [-0.39, 0.29) is 10.8 Å². The van der Waals surface area contributed by atoms with Crippen molar-refractivity contribution in [2.75, 3.05) is 0 Å². The molecule has 4 aromatic rings. The van der Waals surface area contributed by atoms with E-state index in [1.165, 1.54) is 15.0 Å². The highest BCUT2D eigenvalue weighted by Gasteiger charge is 2.30. The largest absolute Gasteiger partial charge is 0.460 e. The molecule has 0 saturated carbocycles. The average molecular weight is 366 g/mol. The average Bonchev–Trinajstić information content (AvgIpc) is 3.18. The molecule has 4 heteroatoms. The van der Waals surface area contributed by atoms with Gasteiger partial charge in [-0.15, -0.1) is 11.3 Å². The molecule has 0 aromatic carbocycles. The summed E-state index contributed by atoms with van der Waals surface area (Å²) in [5.41, 5.74) is 0.979. The van der Waals surface area contributed by atoms with Gasteiger partial charge in [-0.1, -0.05) is 20.8 Å². The molecule has 26 heavy (non-hydrogen) atoms. The van der Waals surface area contributed by atoms with E-state index in [2.05, 4.69) is 74.8 Å². The van der Waals surface area contributed by atoms with Crippen LogP contribution >= 0.6 is 11.3 Å². The zero-order valence-corrected chi connectivity index (χ0v) is 16.9. The third-order valence-corrected chi connectivity index (χ3v) is 6.36. The number of pyridine rings is 2. The van der Waals surface area contributed by atoms with E-state index in [4.69, 9.17) is 4.42 Å². The molecule has 0 aliphatic carbocycles. The Bertz CT molecular complexity index is 1050. The number of aromatic nitrogens is 2. The molecule has 0 radical (unpaired) electrons. The van der Waals surface area contributed by atoms with Gasteiger partial charge in [0.25, 0.3) is 0 Å². The van der Waals surface area contributed by atoms with E-state index < -0.39 is 0 Å². The first-order chi connectivity index (χ1) is 12.2. The first-order valence-corrected chi connectivity index (χ1v) is 9.81. The Balaban J connectivity index is 1.66. The Morgan fingerprint density at radius 1 is 1.08 bits per heavy atom. The van der Waals surface area contributed by atoms with Crippen molar-refractivity contribution >= 4 is 32.4 Å². The summed E-state index contributed by atoms with van der Waals surface area (Å²) in [7, 11) is 0. The van der Waals surface area contributed by atoms with Gasteiger partial charge in [-0.05, 0) is 37.5 Å². The maximum Gasteiger partial charge on any atom is 0.177 e. The van der Waals surface area contributed by atoms with Gasteiger partial charge in [0.15, 0.2) is 18.9 Å². The zero-order chi connectivity index (χ0) is 18.5. The molecular weight excluding hydrogens is 340 g/mol. The van der Waals surface area contributed by atoms with Gasteiger partial charge >= 0.3 is 0 Å². The Kier molecular flexibility index (Phi) is 3.92. The number of hydrogen-bond donors (Lipinski definition) is 0. The summed E-state index contributed by atoms with van der Waals surface area (Å²) in [6.07, 6.45) is 8.07. The molecule has 0 saturated heterocycles. The van der Waals surface area contributed by atoms with E-state index in [0.29, 0.717) is 0 Å². The molecule has 0 amide bonds. The third kappa shape index (κ3) is 3.14. The molecule has 0 fully saturated rings. The Morgan fingerprint density at radius 3 is 2.62 bits per heavy atom. The normalized spacial score (nSPS) is 13.0. The topological polar surface area (TPSA) is 29.9 Å². The minimum atomic E-state index is -0.111. The Morgan fingerprint density at radius 2 is 1.88 bits per heavy atom. The van der Waals surface area contributed by atoms with Gasteiger partial charge in [-0.2, -0.15) is 0 Å². The molecule has 3 nitrogen and oxygen atoms in total. The minimum Gasteiger partial charge on any atom is -0.460 e. The standard InChI is InChI=1S/C22H25N2OS/c1-21(2,3)20-11-16-13-24(9-7-18(16)26-20)14-22(4,5)19-10-15-12-23-8-6-17(15)25-19/h6-13H,14H2,1-5H3/q+1. The highest BCUT2D eigenvalue weighted by atomic mass is 32.1. The van der Waals surface area contributed by atoms with Crippen LogP contribution in [0.4, 0.5) is 0 Å². The van der Waals surface area contributed by atoms with Gasteiger partial charge < -0.3 is 4.42 Å². The fourth-order valence-electron chi connectivity index (χ4n) is 3.26. The number of furan rings is 1. The van der Waals surface area contributed by atoms with Crippen molar-refractivity contribution in [2.45, 2.75) is 52.0 Å². The van der Waals surface area contributed by atoms with Crippen molar-refractivity contribution in [2.24, 2.45) is 0 Å². The Labute approximate surface area is 158 Å². The molecule has 0 unspecified atom stereocenters. The lowest BCUT2D eigenvalue weighted by Gasteiger charge is -2.18. The van der Waals surface area contributed by atoms with Crippen molar-refractivity contribution < 1.29 is 8.98 Å². The van der Waals surface area contributed by atoms with E-state index in [9.17, 15) is 0 Å². The van der Waals surface area contributed by atoms with E-state index >= 15 is 0 Å². The van der Waals surface area contributed by atoms with Crippen LogP contribution in [0.25, 0.3) is 21.1 Å². The van der Waals surface area contributed by atoms with Crippen molar-refractivity contribution in [3.8, 4) is 0 Å². The summed E-state index contributed by atoms with van der Waals surface area (Å²) in [5, 5.41) is 2.37. The number of thiophene rings is 1. The predicted molar refractivity (Wildman–Crippen MR) is 108 cm³/mol. The molecule has 4 aromatic heterocycles. The maximum absolute atomic E-state index is 6.09. The van der Waals surface area contributed by atoms with Crippen molar-refractivity contribution in [3.63, 3.8) is 0 Å². The number of nitrogens with zero attached hydrogens (tertiary/aromatic N) is 2. The summed E-state index contributed by atoms with van der Waals surface area (Å²) in [4.78, 5) is 5.61. The van der Waals surface area contributed by atoms with Gasteiger partial charge in [-0.3, -0.25) is 4.98 Å². The monoisotopic (exact) mass is 365 g/mol. The van der Waals surface area contributed by atoms with Crippen LogP contribution in [0.2, 0.25) is 0 Å². The molecule has 0 aliphatic heterocycles. The second kappa shape index (κ2) is 5.92. The maximum atomic E-state index is 6.09. The fourth-order valence-corrected chi connectivity index (χ4v) is 4.34. The van der Waals surface area contributed by atoms with Gasteiger partial charge in [0.1, 0.15) is 11.3 Å². The van der Waals surface area contributed by atoms with E-state index in [0.717, 1.165) is 23.3 Å². The summed E-state index contributed by atoms with van der Waals surface area (Å²) in [6.45, 7) is 12.1. The highest BCUT2D eigenvalue weighted by molar-refractivity contribution is 7.19. The van der Waals surface area contributed by atoms with Crippen LogP contribution in [0.5, 0.6) is 0 Å². The fraction of sp³-hybridized carbons (Fsp3) is 0.364. The quantitative estimate of drug-likeness (QED) is 0.442. The van der Waals surface area contributed by atoms with Crippen molar-refractivity contribution in [1.29, 1.82) is 0 Å². The van der Waals surface area contributed by atoms with Crippen LogP contribution < -0.4 is 4.57 Å². The lowest BCUT2D eigenvalue weighted by atomic mass is 9.90. The Hall–Kier alpha value is -2.20. The van der Waals surface area contributed by atoms with Crippen LogP contribution in [0.3, 0.4) is 0 Å². The summed E-state index contributed by atoms with van der Waals surface area (Å²) in [6, 6.07) is 8.60. The molecule has 0 N–H and O–H groups in total. The van der Waals surface area contributed by atoms with E-state index in [1.807, 2.05) is 23.6 Å². The first-order valence-electron chi connectivity index (χ1n) is 9.00. The number of hydrogen-bond acceptors (Lipinski definition) is 3. The third-order valence-electron chi connectivity index (χ3n) is 4.81. The van der Waals surface area contributed by atoms with Crippen LogP contribution in [-0.2, 0) is 17.4 Å². The zero-order valence-electron chi connectivity index (χ0n) is 16.0. The van der Waals surface area contributed by atoms with Crippen molar-refractivity contribution in [3.05, 3.63) is 59.7 Å². The lowest BCUT2D eigenvalue weighted by molar-refractivity contribution is -0.703. The first kappa shape index (κ1) is 17.2. The van der Waals surface area contributed by atoms with E-state index in [1.54, 1.807) is 6.20 Å². The summed E-state index contributed by atoms with van der Waals surface area (Å²) in [5.74, 6) is 0.994. The smallest absolute Gasteiger partial charge is 0.177 e. The van der Waals surface area contributed by atoms with Crippen LogP contribution in [0.15, 0.2) is 53.5 Å². The SMILES string of the molecule is CC(C)(C)c1cc2c[n+](CC(C)(C)c3cc4cnccc4o3)ccc2s1. The highest BCUT2D eigenvalue weighted by Crippen LogP contribution is 2.34. The summed E-state index contributed by atoms with van der Waals surface area (Å²) < 4.78 is 9.71. The van der Waals surface area contributed by atoms with Gasteiger partial charge in [0.2, 0.25) is 0 Å². The molecule has 0 aliphatic rings. The second-order valence-corrected chi connectivity index (χ2v) is 9.79. The van der Waals surface area contributed by atoms with Gasteiger partial charge in [-0.25, -0.2) is 4.57 Å². The van der Waals surface area contributed by atoms with Gasteiger partial charge in [0, 0.05) is 33.4 Å². The number of fused-ring (bicyclic) bond motifs is 2. The molecule has 134 valence electrons. The molecule has 4 rings (SSSR count). The molecule has 0 spiro atoms. The molecule has 0 atom stereocenters.